The fraction of sp³-hybridized carbons (Fsp3) is 0.200. The molecule has 0 unspecified atom stereocenters. The SMILES string of the molecule is Cc1cc(-n2nnnc2Sc2nccs2)sc1C. The summed E-state index contributed by atoms with van der Waals surface area (Å²) >= 11 is 4.75. The van der Waals surface area contributed by atoms with Crippen LogP contribution in [0.1, 0.15) is 10.4 Å². The molecular weight excluding hydrogens is 286 g/mol. The van der Waals surface area contributed by atoms with Crippen LogP contribution >= 0.6 is 34.4 Å². The second-order valence-corrected chi connectivity index (χ2v) is 6.94. The highest BCUT2D eigenvalue weighted by atomic mass is 32.2. The summed E-state index contributed by atoms with van der Waals surface area (Å²) in [7, 11) is 0. The molecule has 0 aliphatic heterocycles. The van der Waals surface area contributed by atoms with Crippen LogP contribution < -0.4 is 0 Å². The highest BCUT2D eigenvalue weighted by Crippen LogP contribution is 2.31. The molecule has 0 saturated carbocycles. The maximum atomic E-state index is 4.22. The Hall–Kier alpha value is -1.25. The summed E-state index contributed by atoms with van der Waals surface area (Å²) in [6, 6.07) is 2.10. The van der Waals surface area contributed by atoms with Gasteiger partial charge in [-0.1, -0.05) is 0 Å². The highest BCUT2D eigenvalue weighted by molar-refractivity contribution is 8.00. The molecule has 3 rings (SSSR count). The quantitative estimate of drug-likeness (QED) is 0.743. The summed E-state index contributed by atoms with van der Waals surface area (Å²) in [4.78, 5) is 5.51. The van der Waals surface area contributed by atoms with Crippen molar-refractivity contribution in [3.63, 3.8) is 0 Å². The standard InChI is InChI=1S/C10H9N5S3/c1-6-5-8(17-7(6)2)15-9(12-13-14-15)18-10-11-3-4-16-10/h3-5H,1-2H3. The van der Waals surface area contributed by atoms with Gasteiger partial charge in [0.05, 0.1) is 0 Å². The first-order chi connectivity index (χ1) is 8.74. The summed E-state index contributed by atoms with van der Waals surface area (Å²) in [5.74, 6) is 0. The molecule has 0 aliphatic rings. The second kappa shape index (κ2) is 4.79. The minimum atomic E-state index is 0.742. The van der Waals surface area contributed by atoms with Crippen LogP contribution in [0.3, 0.4) is 0 Å². The molecule has 0 amide bonds. The van der Waals surface area contributed by atoms with Gasteiger partial charge in [0.15, 0.2) is 4.34 Å². The predicted octanol–water partition coefficient (Wildman–Crippen LogP) is 2.95. The van der Waals surface area contributed by atoms with Crippen molar-refractivity contribution in [3.8, 4) is 5.00 Å². The molecule has 0 N–H and O–H groups in total. The van der Waals surface area contributed by atoms with E-state index in [9.17, 15) is 0 Å². The van der Waals surface area contributed by atoms with Gasteiger partial charge in [-0.2, -0.15) is 4.68 Å². The Labute approximate surface area is 116 Å². The first kappa shape index (κ1) is 11.8. The van der Waals surface area contributed by atoms with Gasteiger partial charge in [-0.15, -0.1) is 27.8 Å². The van der Waals surface area contributed by atoms with Gasteiger partial charge < -0.3 is 0 Å². The van der Waals surface area contributed by atoms with Crippen LogP contribution in [0.15, 0.2) is 27.1 Å². The number of tetrazole rings is 1. The van der Waals surface area contributed by atoms with E-state index >= 15 is 0 Å². The van der Waals surface area contributed by atoms with Gasteiger partial charge in [-0.25, -0.2) is 4.98 Å². The van der Waals surface area contributed by atoms with E-state index in [-0.39, 0.29) is 0 Å². The van der Waals surface area contributed by atoms with E-state index < -0.39 is 0 Å². The minimum Gasteiger partial charge on any atom is -0.238 e. The van der Waals surface area contributed by atoms with Gasteiger partial charge in [0.1, 0.15) is 5.00 Å². The molecule has 0 atom stereocenters. The maximum absolute atomic E-state index is 4.22. The second-order valence-electron chi connectivity index (χ2n) is 3.60. The molecule has 18 heavy (non-hydrogen) atoms. The van der Waals surface area contributed by atoms with Gasteiger partial charge >= 0.3 is 0 Å². The molecule has 3 aromatic heterocycles. The lowest BCUT2D eigenvalue weighted by atomic mass is 10.3. The third-order valence-electron chi connectivity index (χ3n) is 2.39. The van der Waals surface area contributed by atoms with E-state index in [2.05, 4.69) is 40.4 Å². The molecule has 0 aromatic carbocycles. The Kier molecular flexibility index (Phi) is 3.14. The zero-order valence-corrected chi connectivity index (χ0v) is 12.1. The van der Waals surface area contributed by atoms with Crippen molar-refractivity contribution in [2.24, 2.45) is 0 Å². The molecule has 0 spiro atoms. The Bertz CT molecular complexity index is 635. The monoisotopic (exact) mass is 295 g/mol. The topological polar surface area (TPSA) is 56.5 Å². The summed E-state index contributed by atoms with van der Waals surface area (Å²) in [5.41, 5.74) is 1.26. The van der Waals surface area contributed by atoms with E-state index in [1.807, 2.05) is 5.38 Å². The van der Waals surface area contributed by atoms with Crippen molar-refractivity contribution in [3.05, 3.63) is 28.1 Å². The van der Waals surface area contributed by atoms with Gasteiger partial charge in [0, 0.05) is 16.5 Å². The number of hydrogen-bond donors (Lipinski definition) is 0. The molecular formula is C10H9N5S3. The molecule has 5 nitrogen and oxygen atoms in total. The third kappa shape index (κ3) is 2.18. The number of rotatable bonds is 3. The van der Waals surface area contributed by atoms with E-state index in [0.717, 1.165) is 14.5 Å². The minimum absolute atomic E-state index is 0.742. The fourth-order valence-corrected chi connectivity index (χ4v) is 3.93. The lowest BCUT2D eigenvalue weighted by molar-refractivity contribution is 0.767. The summed E-state index contributed by atoms with van der Waals surface area (Å²) in [6.45, 7) is 4.19. The molecule has 0 aliphatic carbocycles. The first-order valence-corrected chi connectivity index (χ1v) is 7.68. The van der Waals surface area contributed by atoms with Gasteiger partial charge in [0.2, 0.25) is 5.16 Å². The van der Waals surface area contributed by atoms with Crippen molar-refractivity contribution < 1.29 is 0 Å². The van der Waals surface area contributed by atoms with E-state index in [0.29, 0.717) is 0 Å². The number of thiazole rings is 1. The average molecular weight is 295 g/mol. The lowest BCUT2D eigenvalue weighted by Crippen LogP contribution is -1.95. The molecule has 0 fully saturated rings. The Balaban J connectivity index is 1.96. The van der Waals surface area contributed by atoms with Crippen LogP contribution in [0.25, 0.3) is 5.00 Å². The zero-order chi connectivity index (χ0) is 12.5. The van der Waals surface area contributed by atoms with Crippen molar-refractivity contribution in [2.45, 2.75) is 23.3 Å². The van der Waals surface area contributed by atoms with Crippen molar-refractivity contribution >= 4 is 34.4 Å². The highest BCUT2D eigenvalue weighted by Gasteiger charge is 2.13. The van der Waals surface area contributed by atoms with Crippen LogP contribution in [0.4, 0.5) is 0 Å². The number of aromatic nitrogens is 5. The first-order valence-electron chi connectivity index (χ1n) is 5.17. The average Bonchev–Trinajstić information content (AvgIpc) is 3.03. The van der Waals surface area contributed by atoms with Gasteiger partial charge in [-0.3, -0.25) is 0 Å². The van der Waals surface area contributed by atoms with Gasteiger partial charge in [-0.05, 0) is 47.7 Å². The predicted molar refractivity (Wildman–Crippen MR) is 72.7 cm³/mol. The zero-order valence-electron chi connectivity index (χ0n) is 9.69. The van der Waals surface area contributed by atoms with Crippen LogP contribution in [0.5, 0.6) is 0 Å². The van der Waals surface area contributed by atoms with Crippen molar-refractivity contribution in [1.82, 2.24) is 25.2 Å². The smallest absolute Gasteiger partial charge is 0.221 e. The molecule has 8 heteroatoms. The molecule has 3 heterocycles. The number of aryl methyl sites for hydroxylation is 2. The molecule has 0 saturated heterocycles. The Morgan fingerprint density at radius 3 is 2.89 bits per heavy atom. The van der Waals surface area contributed by atoms with Crippen molar-refractivity contribution in [1.29, 1.82) is 0 Å². The number of nitrogens with zero attached hydrogens (tertiary/aromatic N) is 5. The normalized spacial score (nSPS) is 11.0. The molecule has 92 valence electrons. The lowest BCUT2D eigenvalue weighted by Gasteiger charge is -1.98. The third-order valence-corrected chi connectivity index (χ3v) is 5.34. The van der Waals surface area contributed by atoms with E-state index in [1.165, 1.54) is 22.2 Å². The summed E-state index contributed by atoms with van der Waals surface area (Å²) in [5, 5.41) is 15.5. The van der Waals surface area contributed by atoms with Crippen LogP contribution in [-0.2, 0) is 0 Å². The maximum Gasteiger partial charge on any atom is 0.221 e. The summed E-state index contributed by atoms with van der Waals surface area (Å²) in [6.07, 6.45) is 1.78. The van der Waals surface area contributed by atoms with Gasteiger partial charge in [0.25, 0.3) is 0 Å². The number of thiophene rings is 1. The molecule has 3 aromatic rings. The molecule has 0 bridgehead atoms. The Morgan fingerprint density at radius 1 is 1.33 bits per heavy atom. The van der Waals surface area contributed by atoms with Crippen LogP contribution in [0.2, 0.25) is 0 Å². The fourth-order valence-electron chi connectivity index (χ4n) is 1.38. The summed E-state index contributed by atoms with van der Waals surface area (Å²) < 4.78 is 2.70. The van der Waals surface area contributed by atoms with E-state index in [4.69, 9.17) is 0 Å². The number of hydrogen-bond acceptors (Lipinski definition) is 7. The van der Waals surface area contributed by atoms with Crippen LogP contribution in [-0.4, -0.2) is 25.2 Å². The Morgan fingerprint density at radius 2 is 2.22 bits per heavy atom. The molecule has 0 radical (unpaired) electrons. The van der Waals surface area contributed by atoms with Crippen molar-refractivity contribution in [2.75, 3.05) is 0 Å². The van der Waals surface area contributed by atoms with E-state index in [1.54, 1.807) is 33.6 Å². The van der Waals surface area contributed by atoms with Crippen LogP contribution in [0, 0.1) is 13.8 Å². The largest absolute Gasteiger partial charge is 0.238 e.